The lowest BCUT2D eigenvalue weighted by molar-refractivity contribution is -0.144. The lowest BCUT2D eigenvalue weighted by atomic mass is 9.92. The van der Waals surface area contributed by atoms with Crippen LogP contribution in [0.5, 0.6) is 0 Å². The lowest BCUT2D eigenvalue weighted by Gasteiger charge is -2.26. The fraction of sp³-hybridized carbons (Fsp3) is 0.457. The van der Waals surface area contributed by atoms with Crippen molar-refractivity contribution in [1.29, 1.82) is 0 Å². The van der Waals surface area contributed by atoms with Gasteiger partial charge in [0.2, 0.25) is 5.91 Å². The summed E-state index contributed by atoms with van der Waals surface area (Å²) >= 11 is 0. The minimum absolute atomic E-state index is 0.0224. The van der Waals surface area contributed by atoms with Crippen LogP contribution in [0.4, 0.5) is 8.78 Å². The van der Waals surface area contributed by atoms with Crippen LogP contribution in [0.15, 0.2) is 47.4 Å². The molecule has 3 aromatic rings. The van der Waals surface area contributed by atoms with Crippen LogP contribution in [0.2, 0.25) is 0 Å². The van der Waals surface area contributed by atoms with Crippen molar-refractivity contribution in [3.05, 3.63) is 92.4 Å². The van der Waals surface area contributed by atoms with Crippen LogP contribution >= 0.6 is 0 Å². The number of halogens is 2. The van der Waals surface area contributed by atoms with Crippen LogP contribution in [0.1, 0.15) is 73.5 Å². The number of likely N-dealkylation sites (N-methyl/N-ethyl adjacent to an activating group) is 1. The fourth-order valence-corrected chi connectivity index (χ4v) is 5.50. The van der Waals surface area contributed by atoms with Gasteiger partial charge in [-0.1, -0.05) is 32.0 Å². The second-order valence-electron chi connectivity index (χ2n) is 12.1. The molecule has 3 rings (SSSR count). The van der Waals surface area contributed by atoms with E-state index in [-0.39, 0.29) is 23.6 Å². The van der Waals surface area contributed by atoms with Gasteiger partial charge in [0.05, 0.1) is 19.1 Å². The van der Waals surface area contributed by atoms with Gasteiger partial charge in [-0.2, -0.15) is 0 Å². The van der Waals surface area contributed by atoms with E-state index in [1.54, 1.807) is 13.1 Å². The Kier molecular flexibility index (Phi) is 12.0. The summed E-state index contributed by atoms with van der Waals surface area (Å²) < 4.78 is 37.3. The summed E-state index contributed by atoms with van der Waals surface area (Å²) in [5.41, 5.74) is 4.15. The predicted molar refractivity (Wildman–Crippen MR) is 170 cm³/mol. The molecule has 44 heavy (non-hydrogen) atoms. The number of carbonyl (C=O) groups excluding carboxylic acids is 2. The summed E-state index contributed by atoms with van der Waals surface area (Å²) in [6.07, 6.45) is 2.29. The van der Waals surface area contributed by atoms with Gasteiger partial charge in [0, 0.05) is 24.4 Å². The van der Waals surface area contributed by atoms with E-state index in [2.05, 4.69) is 5.32 Å². The third kappa shape index (κ3) is 8.62. The van der Waals surface area contributed by atoms with Gasteiger partial charge in [-0.25, -0.2) is 8.78 Å². The second kappa shape index (κ2) is 15.2. The van der Waals surface area contributed by atoms with Gasteiger partial charge in [-0.3, -0.25) is 14.4 Å². The Balaban J connectivity index is 2.12. The number of nitrogens with one attached hydrogen (secondary N) is 1. The van der Waals surface area contributed by atoms with E-state index >= 15 is 8.78 Å². The van der Waals surface area contributed by atoms with Crippen molar-refractivity contribution in [3.8, 4) is 11.1 Å². The van der Waals surface area contributed by atoms with Gasteiger partial charge >= 0.3 is 5.97 Å². The van der Waals surface area contributed by atoms with Crippen molar-refractivity contribution < 1.29 is 23.1 Å². The number of nitrogens with zero attached hydrogens (tertiary/aromatic N) is 2. The molecule has 2 atom stereocenters. The highest BCUT2D eigenvalue weighted by molar-refractivity contribution is 5.82. The van der Waals surface area contributed by atoms with Crippen LogP contribution < -0.4 is 10.9 Å². The molecule has 7 nitrogen and oxygen atoms in total. The third-order valence-electron chi connectivity index (χ3n) is 7.75. The number of aromatic nitrogens is 1. The number of carbonyl (C=O) groups is 2. The topological polar surface area (TPSA) is 80.6 Å². The summed E-state index contributed by atoms with van der Waals surface area (Å²) in [5.74, 6) is -3.48. The third-order valence-corrected chi connectivity index (χ3v) is 7.75. The molecule has 0 bridgehead atoms. The maximum atomic E-state index is 15.5. The molecule has 1 N–H and O–H groups in total. The molecule has 2 aromatic carbocycles. The van der Waals surface area contributed by atoms with Crippen molar-refractivity contribution in [2.45, 2.75) is 72.9 Å². The average Bonchev–Trinajstić information content (AvgIpc) is 2.92. The molecule has 0 radical (unpaired) electrons. The summed E-state index contributed by atoms with van der Waals surface area (Å²) in [7, 11) is 3.92. The van der Waals surface area contributed by atoms with Crippen molar-refractivity contribution in [2.75, 3.05) is 27.2 Å². The molecule has 0 unspecified atom stereocenters. The summed E-state index contributed by atoms with van der Waals surface area (Å²) in [6, 6.07) is 7.57. The van der Waals surface area contributed by atoms with Gasteiger partial charge in [0.1, 0.15) is 6.04 Å². The normalized spacial score (nSPS) is 12.8. The first kappa shape index (κ1) is 34.6. The summed E-state index contributed by atoms with van der Waals surface area (Å²) in [5, 5.41) is 2.80. The average molecular weight is 610 g/mol. The highest BCUT2D eigenvalue weighted by Gasteiger charge is 2.30. The Labute approximate surface area is 259 Å². The molecule has 0 saturated carbocycles. The molecule has 1 heterocycles. The lowest BCUT2D eigenvalue weighted by Crippen LogP contribution is -2.40. The maximum absolute atomic E-state index is 15.5. The largest absolute Gasteiger partial charge is 0.466 e. The van der Waals surface area contributed by atoms with E-state index in [1.165, 1.54) is 16.7 Å². The molecule has 0 aliphatic rings. The predicted octanol–water partition coefficient (Wildman–Crippen LogP) is 6.22. The first-order chi connectivity index (χ1) is 20.7. The SMILES string of the molecule is CCOC(=O)C[C@H](NC(=O)[C@H](CC(C)C)n1cc(CCN(C)C)c(C)cc1=O)c1cc(-c2c(C)cccc2C)cc(F)c1F. The van der Waals surface area contributed by atoms with E-state index in [0.29, 0.717) is 18.4 Å². The Hall–Kier alpha value is -3.85. The molecular formula is C35H45F2N3O4. The first-order valence-corrected chi connectivity index (χ1v) is 15.1. The fourth-order valence-electron chi connectivity index (χ4n) is 5.50. The molecule has 0 fully saturated rings. The number of hydrogen-bond acceptors (Lipinski definition) is 5. The van der Waals surface area contributed by atoms with E-state index in [4.69, 9.17) is 4.74 Å². The number of aryl methyl sites for hydroxylation is 3. The van der Waals surface area contributed by atoms with E-state index in [1.807, 2.05) is 71.8 Å². The van der Waals surface area contributed by atoms with Crippen LogP contribution in [-0.4, -0.2) is 48.6 Å². The van der Waals surface area contributed by atoms with Crippen molar-refractivity contribution in [2.24, 2.45) is 5.92 Å². The van der Waals surface area contributed by atoms with Gasteiger partial charge in [0.15, 0.2) is 11.6 Å². The van der Waals surface area contributed by atoms with Crippen molar-refractivity contribution in [1.82, 2.24) is 14.8 Å². The summed E-state index contributed by atoms with van der Waals surface area (Å²) in [6.45, 7) is 12.0. The zero-order valence-electron chi connectivity index (χ0n) is 27.1. The number of esters is 1. The Morgan fingerprint density at radius 3 is 2.27 bits per heavy atom. The number of rotatable bonds is 13. The number of pyridine rings is 1. The molecular weight excluding hydrogens is 564 g/mol. The Morgan fingerprint density at radius 2 is 1.68 bits per heavy atom. The molecule has 0 aliphatic carbocycles. The number of amides is 1. The molecule has 238 valence electrons. The second-order valence-corrected chi connectivity index (χ2v) is 12.1. The van der Waals surface area contributed by atoms with Gasteiger partial charge in [-0.15, -0.1) is 0 Å². The minimum atomic E-state index is -1.25. The monoisotopic (exact) mass is 609 g/mol. The van der Waals surface area contributed by atoms with Crippen LogP contribution in [0, 0.1) is 38.3 Å². The number of hydrogen-bond donors (Lipinski definition) is 1. The summed E-state index contributed by atoms with van der Waals surface area (Å²) in [4.78, 5) is 42.0. The first-order valence-electron chi connectivity index (χ1n) is 15.1. The molecule has 0 aliphatic heterocycles. The molecule has 9 heteroatoms. The molecule has 0 saturated heterocycles. The standard InChI is InChI=1S/C35H45F2N3O4/c1-9-44-32(42)19-29(27-17-26(18-28(36)34(27)37)33-22(4)11-10-12-23(33)5)38-35(43)30(15-21(2)3)40-20-25(13-14-39(7)8)24(6)16-31(40)41/h10-12,16-18,20-21,29-30H,9,13-15,19H2,1-8H3,(H,38,43)/t29-,30-/m0/s1. The highest BCUT2D eigenvalue weighted by atomic mass is 19.2. The molecule has 1 amide bonds. The Bertz CT molecular complexity index is 1530. The smallest absolute Gasteiger partial charge is 0.308 e. The minimum Gasteiger partial charge on any atom is -0.466 e. The van der Waals surface area contributed by atoms with Gasteiger partial charge in [0.25, 0.3) is 5.56 Å². The zero-order valence-corrected chi connectivity index (χ0v) is 27.1. The molecule has 0 spiro atoms. The number of ether oxygens (including phenoxy) is 1. The quantitative estimate of drug-likeness (QED) is 0.233. The number of benzene rings is 2. The highest BCUT2D eigenvalue weighted by Crippen LogP contribution is 2.33. The van der Waals surface area contributed by atoms with E-state index < -0.39 is 42.0 Å². The van der Waals surface area contributed by atoms with E-state index in [0.717, 1.165) is 40.4 Å². The molecule has 1 aromatic heterocycles. The van der Waals surface area contributed by atoms with Crippen molar-refractivity contribution in [3.63, 3.8) is 0 Å². The van der Waals surface area contributed by atoms with Crippen LogP contribution in [0.3, 0.4) is 0 Å². The van der Waals surface area contributed by atoms with Gasteiger partial charge in [-0.05, 0) is 106 Å². The van der Waals surface area contributed by atoms with E-state index in [9.17, 15) is 14.4 Å². The van der Waals surface area contributed by atoms with Crippen LogP contribution in [0.25, 0.3) is 11.1 Å². The van der Waals surface area contributed by atoms with Gasteiger partial charge < -0.3 is 19.5 Å². The zero-order chi connectivity index (χ0) is 32.7. The van der Waals surface area contributed by atoms with Crippen molar-refractivity contribution >= 4 is 11.9 Å². The Morgan fingerprint density at radius 1 is 1.02 bits per heavy atom. The maximum Gasteiger partial charge on any atom is 0.308 e. The van der Waals surface area contributed by atoms with Crippen LogP contribution in [-0.2, 0) is 20.7 Å².